The van der Waals surface area contributed by atoms with Gasteiger partial charge in [-0.15, -0.1) is 0 Å². The second-order valence-corrected chi connectivity index (χ2v) is 6.02. The van der Waals surface area contributed by atoms with Gasteiger partial charge in [-0.3, -0.25) is 0 Å². The highest BCUT2D eigenvalue weighted by Crippen LogP contribution is 2.24. The molecule has 0 heterocycles. The van der Waals surface area contributed by atoms with E-state index < -0.39 is 0 Å². The standard InChI is InChI=1S/C16H17BrClN/c1-11-9-13(17)5-8-15(11)16(19-2)10-12-3-6-14(18)7-4-12/h3-9,16,19H,10H2,1-2H3. The first-order valence-corrected chi connectivity index (χ1v) is 7.45. The summed E-state index contributed by atoms with van der Waals surface area (Å²) in [6, 6.07) is 14.8. The third-order valence-electron chi connectivity index (χ3n) is 3.31. The van der Waals surface area contributed by atoms with E-state index in [0.29, 0.717) is 6.04 Å². The lowest BCUT2D eigenvalue weighted by Crippen LogP contribution is -2.19. The smallest absolute Gasteiger partial charge is 0.0406 e. The summed E-state index contributed by atoms with van der Waals surface area (Å²) in [5, 5.41) is 4.18. The fourth-order valence-corrected chi connectivity index (χ4v) is 2.86. The zero-order chi connectivity index (χ0) is 13.8. The second-order valence-electron chi connectivity index (χ2n) is 4.67. The van der Waals surface area contributed by atoms with Gasteiger partial charge in [0.2, 0.25) is 0 Å². The van der Waals surface area contributed by atoms with E-state index in [4.69, 9.17) is 11.6 Å². The van der Waals surface area contributed by atoms with E-state index in [9.17, 15) is 0 Å². The molecule has 1 atom stereocenters. The van der Waals surface area contributed by atoms with Crippen LogP contribution in [0.1, 0.15) is 22.7 Å². The summed E-state index contributed by atoms with van der Waals surface area (Å²) in [5.41, 5.74) is 3.91. The van der Waals surface area contributed by atoms with Crippen LogP contribution in [0, 0.1) is 6.92 Å². The van der Waals surface area contributed by atoms with Gasteiger partial charge >= 0.3 is 0 Å². The summed E-state index contributed by atoms with van der Waals surface area (Å²) < 4.78 is 1.12. The molecule has 19 heavy (non-hydrogen) atoms. The molecular formula is C16H17BrClN. The molecule has 0 aliphatic heterocycles. The summed E-state index contributed by atoms with van der Waals surface area (Å²) in [5.74, 6) is 0. The van der Waals surface area contributed by atoms with Gasteiger partial charge in [-0.05, 0) is 61.3 Å². The number of hydrogen-bond acceptors (Lipinski definition) is 1. The van der Waals surface area contributed by atoms with Crippen LogP contribution in [0.3, 0.4) is 0 Å². The molecule has 0 aliphatic rings. The molecule has 1 N–H and O–H groups in total. The molecule has 0 aliphatic carbocycles. The van der Waals surface area contributed by atoms with Gasteiger partial charge in [0, 0.05) is 15.5 Å². The maximum absolute atomic E-state index is 5.92. The molecule has 1 nitrogen and oxygen atoms in total. The number of likely N-dealkylation sites (N-methyl/N-ethyl adjacent to an activating group) is 1. The van der Waals surface area contributed by atoms with Crippen LogP contribution in [-0.2, 0) is 6.42 Å². The predicted molar refractivity (Wildman–Crippen MR) is 85.8 cm³/mol. The van der Waals surface area contributed by atoms with Crippen LogP contribution in [0.5, 0.6) is 0 Å². The molecular weight excluding hydrogens is 322 g/mol. The highest BCUT2D eigenvalue weighted by atomic mass is 79.9. The molecule has 2 rings (SSSR count). The van der Waals surface area contributed by atoms with E-state index in [1.54, 1.807) is 0 Å². The molecule has 0 amide bonds. The maximum atomic E-state index is 5.92. The summed E-state index contributed by atoms with van der Waals surface area (Å²) in [7, 11) is 2.00. The first kappa shape index (κ1) is 14.6. The fraction of sp³-hybridized carbons (Fsp3) is 0.250. The lowest BCUT2D eigenvalue weighted by molar-refractivity contribution is 0.589. The zero-order valence-corrected chi connectivity index (χ0v) is 13.4. The first-order chi connectivity index (χ1) is 9.10. The van der Waals surface area contributed by atoms with Crippen LogP contribution < -0.4 is 5.32 Å². The lowest BCUT2D eigenvalue weighted by Gasteiger charge is -2.19. The largest absolute Gasteiger partial charge is 0.313 e. The number of hydrogen-bond donors (Lipinski definition) is 1. The number of nitrogens with one attached hydrogen (secondary N) is 1. The minimum Gasteiger partial charge on any atom is -0.313 e. The van der Waals surface area contributed by atoms with Gasteiger partial charge in [0.05, 0.1) is 0 Å². The maximum Gasteiger partial charge on any atom is 0.0406 e. The molecule has 100 valence electrons. The SMILES string of the molecule is CNC(Cc1ccc(Cl)cc1)c1ccc(Br)cc1C. The highest BCUT2D eigenvalue weighted by Gasteiger charge is 2.12. The van der Waals surface area contributed by atoms with Gasteiger partial charge in [0.1, 0.15) is 0 Å². The van der Waals surface area contributed by atoms with Crippen molar-refractivity contribution in [3.63, 3.8) is 0 Å². The summed E-state index contributed by atoms with van der Waals surface area (Å²) >= 11 is 9.43. The van der Waals surface area contributed by atoms with Crippen molar-refractivity contribution in [2.24, 2.45) is 0 Å². The third-order valence-corrected chi connectivity index (χ3v) is 4.05. The Labute approximate surface area is 128 Å². The first-order valence-electron chi connectivity index (χ1n) is 6.28. The van der Waals surface area contributed by atoms with Crippen LogP contribution in [0.2, 0.25) is 5.02 Å². The van der Waals surface area contributed by atoms with E-state index in [0.717, 1.165) is 15.9 Å². The molecule has 0 spiro atoms. The zero-order valence-electron chi connectivity index (χ0n) is 11.1. The van der Waals surface area contributed by atoms with E-state index >= 15 is 0 Å². The van der Waals surface area contributed by atoms with Crippen molar-refractivity contribution >= 4 is 27.5 Å². The Morgan fingerprint density at radius 3 is 2.42 bits per heavy atom. The van der Waals surface area contributed by atoms with Crippen molar-refractivity contribution < 1.29 is 0 Å². The van der Waals surface area contributed by atoms with Crippen LogP contribution in [-0.4, -0.2) is 7.05 Å². The molecule has 0 saturated heterocycles. The van der Waals surface area contributed by atoms with Crippen molar-refractivity contribution in [3.05, 3.63) is 68.7 Å². The summed E-state index contributed by atoms with van der Waals surface area (Å²) in [6.07, 6.45) is 0.955. The number of aryl methyl sites for hydroxylation is 1. The average molecular weight is 339 g/mol. The Morgan fingerprint density at radius 1 is 1.16 bits per heavy atom. The van der Waals surface area contributed by atoms with Gasteiger partial charge in [-0.1, -0.05) is 45.7 Å². The predicted octanol–water partition coefficient (Wildman–Crippen LogP) is 4.91. The molecule has 3 heteroatoms. The quantitative estimate of drug-likeness (QED) is 0.835. The van der Waals surface area contributed by atoms with Gasteiger partial charge in [-0.25, -0.2) is 0 Å². The van der Waals surface area contributed by atoms with Crippen LogP contribution in [0.4, 0.5) is 0 Å². The molecule has 0 aromatic heterocycles. The molecule has 2 aromatic rings. The fourth-order valence-electron chi connectivity index (χ4n) is 2.25. The Kier molecular flexibility index (Phi) is 5.03. The van der Waals surface area contributed by atoms with Crippen LogP contribution in [0.15, 0.2) is 46.9 Å². The van der Waals surface area contributed by atoms with Crippen molar-refractivity contribution in [2.45, 2.75) is 19.4 Å². The normalized spacial score (nSPS) is 12.4. The average Bonchev–Trinajstić information content (AvgIpc) is 2.39. The second kappa shape index (κ2) is 6.56. The Morgan fingerprint density at radius 2 is 1.84 bits per heavy atom. The lowest BCUT2D eigenvalue weighted by atomic mass is 9.95. The molecule has 1 unspecified atom stereocenters. The van der Waals surface area contributed by atoms with Crippen molar-refractivity contribution in [2.75, 3.05) is 7.05 Å². The van der Waals surface area contributed by atoms with E-state index in [1.807, 2.05) is 19.2 Å². The Bertz CT molecular complexity index is 551. The van der Waals surface area contributed by atoms with Gasteiger partial charge in [-0.2, -0.15) is 0 Å². The topological polar surface area (TPSA) is 12.0 Å². The van der Waals surface area contributed by atoms with E-state index in [1.165, 1.54) is 16.7 Å². The molecule has 0 saturated carbocycles. The monoisotopic (exact) mass is 337 g/mol. The van der Waals surface area contributed by atoms with Crippen LogP contribution in [0.25, 0.3) is 0 Å². The van der Waals surface area contributed by atoms with Gasteiger partial charge < -0.3 is 5.32 Å². The Hall–Kier alpha value is -0.830. The molecule has 0 fully saturated rings. The van der Waals surface area contributed by atoms with Crippen LogP contribution >= 0.6 is 27.5 Å². The van der Waals surface area contributed by atoms with E-state index in [-0.39, 0.29) is 0 Å². The number of benzene rings is 2. The van der Waals surface area contributed by atoms with Gasteiger partial charge in [0.25, 0.3) is 0 Å². The Balaban J connectivity index is 2.22. The number of rotatable bonds is 4. The van der Waals surface area contributed by atoms with Crippen molar-refractivity contribution in [1.82, 2.24) is 5.32 Å². The molecule has 2 aromatic carbocycles. The van der Waals surface area contributed by atoms with Gasteiger partial charge in [0.15, 0.2) is 0 Å². The van der Waals surface area contributed by atoms with E-state index in [2.05, 4.69) is 58.5 Å². The summed E-state index contributed by atoms with van der Waals surface area (Å²) in [4.78, 5) is 0. The third kappa shape index (κ3) is 3.82. The molecule has 0 radical (unpaired) electrons. The minimum absolute atomic E-state index is 0.314. The molecule has 0 bridgehead atoms. The van der Waals surface area contributed by atoms with Crippen molar-refractivity contribution in [3.8, 4) is 0 Å². The summed E-state index contributed by atoms with van der Waals surface area (Å²) in [6.45, 7) is 2.15. The minimum atomic E-state index is 0.314. The van der Waals surface area contributed by atoms with Crippen molar-refractivity contribution in [1.29, 1.82) is 0 Å². The highest BCUT2D eigenvalue weighted by molar-refractivity contribution is 9.10. The number of halogens is 2.